The predicted molar refractivity (Wildman–Crippen MR) is 49.6 cm³/mol. The molecule has 0 aromatic heterocycles. The van der Waals surface area contributed by atoms with E-state index in [9.17, 15) is 4.39 Å². The number of hydrogen-bond donors (Lipinski definition) is 0. The quantitative estimate of drug-likeness (QED) is 0.438. The van der Waals surface area contributed by atoms with Gasteiger partial charge in [-0.05, 0) is 0 Å². The summed E-state index contributed by atoms with van der Waals surface area (Å²) in [7, 11) is 0. The second kappa shape index (κ2) is 4.60. The van der Waals surface area contributed by atoms with Crippen LogP contribution in [0.3, 0.4) is 0 Å². The van der Waals surface area contributed by atoms with E-state index in [0.717, 1.165) is 10.9 Å². The van der Waals surface area contributed by atoms with E-state index in [0.29, 0.717) is 0 Å². The van der Waals surface area contributed by atoms with E-state index in [1.807, 2.05) is 30.3 Å². The third-order valence-electron chi connectivity index (χ3n) is 1.20. The van der Waals surface area contributed by atoms with Crippen LogP contribution in [-0.4, -0.2) is 19.0 Å². The molecule has 0 aliphatic rings. The van der Waals surface area contributed by atoms with Gasteiger partial charge in [-0.1, -0.05) is 0 Å². The molecule has 0 saturated heterocycles. The van der Waals surface area contributed by atoms with Gasteiger partial charge < -0.3 is 0 Å². The zero-order chi connectivity index (χ0) is 8.10. The fourth-order valence-electron chi connectivity index (χ4n) is 0.714. The van der Waals surface area contributed by atoms with E-state index in [4.69, 9.17) is 0 Å². The van der Waals surface area contributed by atoms with Gasteiger partial charge in [0.05, 0.1) is 0 Å². The minimum atomic E-state index is -0.346. The average molecular weight is 233 g/mol. The minimum absolute atomic E-state index is 0.156. The molecule has 0 nitrogen and oxygen atoms in total. The molecule has 1 rings (SSSR count). The van der Waals surface area contributed by atoms with Gasteiger partial charge in [-0.3, -0.25) is 0 Å². The molecule has 0 radical (unpaired) electrons. The molecule has 1 aromatic carbocycles. The first-order valence-corrected chi connectivity index (χ1v) is 5.63. The molecule has 0 heterocycles. The van der Waals surface area contributed by atoms with Gasteiger partial charge in [0.25, 0.3) is 0 Å². The summed E-state index contributed by atoms with van der Waals surface area (Å²) in [4.78, 5) is 0. The van der Waals surface area contributed by atoms with E-state index in [1.54, 1.807) is 0 Å². The standard InChI is InChI=1S/C8H7FSSe/c9-8(10)11-6-7-4-2-1-3-5-7/h1-5H,6H2. The SMILES string of the molecule is FC(=S)[Se]Cc1ccccc1. The van der Waals surface area contributed by atoms with E-state index >= 15 is 0 Å². The van der Waals surface area contributed by atoms with E-state index in [2.05, 4.69) is 12.2 Å². The molecule has 0 atom stereocenters. The molecule has 0 amide bonds. The van der Waals surface area contributed by atoms with Gasteiger partial charge in [-0.25, -0.2) is 0 Å². The van der Waals surface area contributed by atoms with Crippen LogP contribution in [0, 0.1) is 0 Å². The van der Waals surface area contributed by atoms with Crippen molar-refractivity contribution < 1.29 is 4.39 Å². The average Bonchev–Trinajstić information content (AvgIpc) is 2.03. The Hall–Kier alpha value is -0.241. The Bertz CT molecular complexity index is 235. The number of hydrogen-bond acceptors (Lipinski definition) is 1. The third kappa shape index (κ3) is 3.61. The van der Waals surface area contributed by atoms with Crippen LogP contribution in [0.15, 0.2) is 30.3 Å². The Morgan fingerprint density at radius 3 is 2.55 bits per heavy atom. The molecular weight excluding hydrogens is 226 g/mol. The van der Waals surface area contributed by atoms with Crippen molar-refractivity contribution in [3.8, 4) is 0 Å². The normalized spacial score (nSPS) is 9.55. The van der Waals surface area contributed by atoms with Crippen molar-refractivity contribution in [2.45, 2.75) is 5.32 Å². The van der Waals surface area contributed by atoms with Crippen LogP contribution in [0.5, 0.6) is 0 Å². The molecule has 1 aromatic rings. The zero-order valence-corrected chi connectivity index (χ0v) is 8.32. The van der Waals surface area contributed by atoms with Crippen molar-refractivity contribution >= 4 is 31.2 Å². The first-order valence-electron chi connectivity index (χ1n) is 3.15. The summed E-state index contributed by atoms with van der Waals surface area (Å²) in [5.41, 5.74) is 1.16. The summed E-state index contributed by atoms with van der Waals surface area (Å²) in [5.74, 6) is 0. The van der Waals surface area contributed by atoms with Gasteiger partial charge >= 0.3 is 76.8 Å². The molecular formula is C8H7FSSe. The number of rotatable bonds is 3. The van der Waals surface area contributed by atoms with Crippen molar-refractivity contribution in [1.29, 1.82) is 0 Å². The molecule has 0 saturated carbocycles. The second-order valence-corrected chi connectivity index (χ2v) is 4.92. The Labute approximate surface area is 77.0 Å². The van der Waals surface area contributed by atoms with Crippen LogP contribution in [0.4, 0.5) is 4.39 Å². The predicted octanol–water partition coefficient (Wildman–Crippen LogP) is 2.15. The van der Waals surface area contributed by atoms with Crippen LogP contribution >= 0.6 is 12.2 Å². The maximum atomic E-state index is 12.1. The van der Waals surface area contributed by atoms with Crippen LogP contribution in [0.1, 0.15) is 5.56 Å². The van der Waals surface area contributed by atoms with Crippen molar-refractivity contribution in [2.24, 2.45) is 0 Å². The van der Waals surface area contributed by atoms with Crippen LogP contribution in [0.25, 0.3) is 0 Å². The fraction of sp³-hybridized carbons (Fsp3) is 0.125. The molecule has 0 bridgehead atoms. The molecule has 11 heavy (non-hydrogen) atoms. The Kier molecular flexibility index (Phi) is 3.70. The molecule has 0 spiro atoms. The maximum absolute atomic E-state index is 12.1. The molecule has 0 aliphatic heterocycles. The van der Waals surface area contributed by atoms with Crippen molar-refractivity contribution in [3.05, 3.63) is 35.9 Å². The number of thiocarbonyl (C=S) groups is 1. The first-order chi connectivity index (χ1) is 5.29. The van der Waals surface area contributed by atoms with Crippen LogP contribution in [-0.2, 0) is 5.32 Å². The zero-order valence-electron chi connectivity index (χ0n) is 5.79. The number of halogens is 1. The van der Waals surface area contributed by atoms with Gasteiger partial charge in [0, 0.05) is 0 Å². The van der Waals surface area contributed by atoms with E-state index in [-0.39, 0.29) is 19.0 Å². The van der Waals surface area contributed by atoms with Gasteiger partial charge in [0.15, 0.2) is 0 Å². The summed E-state index contributed by atoms with van der Waals surface area (Å²) < 4.78 is 11.8. The van der Waals surface area contributed by atoms with Gasteiger partial charge in [0.1, 0.15) is 0 Å². The number of benzene rings is 1. The van der Waals surface area contributed by atoms with Crippen LogP contribution in [0.2, 0.25) is 0 Å². The van der Waals surface area contributed by atoms with Crippen molar-refractivity contribution in [1.82, 2.24) is 0 Å². The molecule has 58 valence electrons. The fourth-order valence-corrected chi connectivity index (χ4v) is 2.01. The summed E-state index contributed by atoms with van der Waals surface area (Å²) in [6, 6.07) is 9.82. The summed E-state index contributed by atoms with van der Waals surface area (Å²) in [5, 5.41) is 0.767. The monoisotopic (exact) mass is 234 g/mol. The van der Waals surface area contributed by atoms with E-state index < -0.39 is 0 Å². The summed E-state index contributed by atoms with van der Waals surface area (Å²) in [6.07, 6.45) is 0. The molecule has 0 N–H and O–H groups in total. The van der Waals surface area contributed by atoms with Gasteiger partial charge in [-0.15, -0.1) is 0 Å². The first kappa shape index (κ1) is 8.85. The van der Waals surface area contributed by atoms with Gasteiger partial charge in [0.2, 0.25) is 0 Å². The molecule has 0 unspecified atom stereocenters. The summed E-state index contributed by atoms with van der Waals surface area (Å²) in [6.45, 7) is 0. The second-order valence-electron chi connectivity index (χ2n) is 2.01. The van der Waals surface area contributed by atoms with Gasteiger partial charge in [-0.2, -0.15) is 0 Å². The van der Waals surface area contributed by atoms with Crippen molar-refractivity contribution in [2.75, 3.05) is 0 Å². The molecule has 3 heteroatoms. The Balaban J connectivity index is 2.45. The molecule has 0 aliphatic carbocycles. The topological polar surface area (TPSA) is 0 Å². The van der Waals surface area contributed by atoms with Crippen molar-refractivity contribution in [3.63, 3.8) is 0 Å². The Morgan fingerprint density at radius 1 is 1.36 bits per heavy atom. The van der Waals surface area contributed by atoms with Crippen LogP contribution < -0.4 is 0 Å². The summed E-state index contributed by atoms with van der Waals surface area (Å²) >= 11 is 4.20. The molecule has 0 fully saturated rings. The Morgan fingerprint density at radius 2 is 2.00 bits per heavy atom. The third-order valence-corrected chi connectivity index (χ3v) is 3.29. The van der Waals surface area contributed by atoms with E-state index in [1.165, 1.54) is 0 Å².